The highest BCUT2D eigenvalue weighted by molar-refractivity contribution is 7.13. The lowest BCUT2D eigenvalue weighted by Crippen LogP contribution is -2.26. The summed E-state index contributed by atoms with van der Waals surface area (Å²) in [6.45, 7) is 5.48. The van der Waals surface area contributed by atoms with Crippen LogP contribution in [-0.4, -0.2) is 25.5 Å². The predicted octanol–water partition coefficient (Wildman–Crippen LogP) is 3.31. The van der Waals surface area contributed by atoms with Gasteiger partial charge in [0.15, 0.2) is 0 Å². The molecule has 0 spiro atoms. The number of thiophene rings is 1. The van der Waals surface area contributed by atoms with Crippen molar-refractivity contribution in [1.29, 1.82) is 0 Å². The summed E-state index contributed by atoms with van der Waals surface area (Å²) in [5.41, 5.74) is 4.16. The number of aryl methyl sites for hydroxylation is 2. The third kappa shape index (κ3) is 3.77. The van der Waals surface area contributed by atoms with Gasteiger partial charge in [-0.2, -0.15) is 9.78 Å². The topological polar surface area (TPSA) is 95.0 Å². The molecule has 1 aromatic carbocycles. The van der Waals surface area contributed by atoms with Gasteiger partial charge in [0.05, 0.1) is 27.6 Å². The molecule has 148 valence electrons. The molecule has 0 atom stereocenters. The van der Waals surface area contributed by atoms with Crippen molar-refractivity contribution in [1.82, 2.24) is 19.6 Å². The fourth-order valence-corrected chi connectivity index (χ4v) is 3.63. The highest BCUT2D eigenvalue weighted by Gasteiger charge is 2.18. The van der Waals surface area contributed by atoms with Gasteiger partial charge in [-0.3, -0.25) is 4.79 Å². The predicted molar refractivity (Wildman–Crippen MR) is 110 cm³/mol. The molecule has 0 saturated carbocycles. The molecule has 4 rings (SSSR count). The zero-order valence-electron chi connectivity index (χ0n) is 16.2. The Bertz CT molecular complexity index is 1220. The van der Waals surface area contributed by atoms with Gasteiger partial charge in [0.1, 0.15) is 6.54 Å². The number of nitrogens with one attached hydrogen (secondary N) is 1. The van der Waals surface area contributed by atoms with Crippen LogP contribution in [0.15, 0.2) is 51.0 Å². The van der Waals surface area contributed by atoms with E-state index in [9.17, 15) is 9.59 Å². The standard InChI is InChI=1S/C20H19N5O3S/c1-12-6-8-15(9-7-12)25-14(3)18(13(2)22-25)21-17(26)11-24-20(27)28-19(23-24)16-5-4-10-29-16/h4-10H,11H2,1-3H3,(H,21,26). The summed E-state index contributed by atoms with van der Waals surface area (Å²) in [5.74, 6) is -0.850. The minimum Gasteiger partial charge on any atom is -0.387 e. The van der Waals surface area contributed by atoms with E-state index in [0.29, 0.717) is 11.4 Å². The number of anilines is 1. The highest BCUT2D eigenvalue weighted by Crippen LogP contribution is 2.23. The maximum atomic E-state index is 12.5. The van der Waals surface area contributed by atoms with Crippen LogP contribution in [-0.2, 0) is 11.3 Å². The molecule has 0 unspecified atom stereocenters. The molecule has 29 heavy (non-hydrogen) atoms. The van der Waals surface area contributed by atoms with Gasteiger partial charge < -0.3 is 9.73 Å². The molecule has 0 saturated heterocycles. The van der Waals surface area contributed by atoms with Gasteiger partial charge in [-0.15, -0.1) is 16.4 Å². The molecule has 0 radical (unpaired) electrons. The first-order chi connectivity index (χ1) is 13.9. The molecule has 0 bridgehead atoms. The number of benzene rings is 1. The van der Waals surface area contributed by atoms with Crippen LogP contribution >= 0.6 is 11.3 Å². The molecular weight excluding hydrogens is 390 g/mol. The third-order valence-electron chi connectivity index (χ3n) is 4.47. The van der Waals surface area contributed by atoms with Crippen molar-refractivity contribution in [3.8, 4) is 16.5 Å². The van der Waals surface area contributed by atoms with E-state index in [1.165, 1.54) is 11.3 Å². The Balaban J connectivity index is 1.53. The van der Waals surface area contributed by atoms with Crippen LogP contribution in [0.2, 0.25) is 0 Å². The number of hydrogen-bond donors (Lipinski definition) is 1. The summed E-state index contributed by atoms with van der Waals surface area (Å²) in [6.07, 6.45) is 0. The number of nitrogens with zero attached hydrogens (tertiary/aromatic N) is 4. The number of carbonyl (C=O) groups is 1. The molecule has 1 N–H and O–H groups in total. The number of amides is 1. The Morgan fingerprint density at radius 1 is 1.14 bits per heavy atom. The Labute approximate surface area is 170 Å². The molecule has 3 heterocycles. The number of carbonyl (C=O) groups excluding carboxylic acids is 1. The van der Waals surface area contributed by atoms with E-state index >= 15 is 0 Å². The largest absolute Gasteiger partial charge is 0.437 e. The number of hydrogen-bond acceptors (Lipinski definition) is 6. The van der Waals surface area contributed by atoms with Crippen molar-refractivity contribution in [2.75, 3.05) is 5.32 Å². The van der Waals surface area contributed by atoms with Crippen LogP contribution in [0.3, 0.4) is 0 Å². The van der Waals surface area contributed by atoms with Gasteiger partial charge in [-0.1, -0.05) is 23.8 Å². The lowest BCUT2D eigenvalue weighted by atomic mass is 10.2. The van der Waals surface area contributed by atoms with E-state index in [2.05, 4.69) is 15.5 Å². The minimum absolute atomic E-state index is 0.206. The second-order valence-corrected chi connectivity index (χ2v) is 7.60. The zero-order valence-corrected chi connectivity index (χ0v) is 17.0. The molecule has 0 aliphatic carbocycles. The summed E-state index contributed by atoms with van der Waals surface area (Å²) < 4.78 is 7.93. The van der Waals surface area contributed by atoms with Crippen LogP contribution in [0.5, 0.6) is 0 Å². The molecule has 3 aromatic heterocycles. The molecule has 0 fully saturated rings. The second-order valence-electron chi connectivity index (χ2n) is 6.65. The van der Waals surface area contributed by atoms with E-state index < -0.39 is 5.76 Å². The lowest BCUT2D eigenvalue weighted by Gasteiger charge is -2.07. The molecule has 9 heteroatoms. The molecule has 4 aromatic rings. The van der Waals surface area contributed by atoms with E-state index in [-0.39, 0.29) is 18.3 Å². The Kier molecular flexibility index (Phi) is 4.89. The zero-order chi connectivity index (χ0) is 20.5. The molecular formula is C20H19N5O3S. The normalized spacial score (nSPS) is 11.0. The van der Waals surface area contributed by atoms with Crippen molar-refractivity contribution in [3.63, 3.8) is 0 Å². The lowest BCUT2D eigenvalue weighted by molar-refractivity contribution is -0.117. The number of rotatable bonds is 5. The second kappa shape index (κ2) is 7.51. The fraction of sp³-hybridized carbons (Fsp3) is 0.200. The van der Waals surface area contributed by atoms with Crippen LogP contribution in [0.4, 0.5) is 5.69 Å². The van der Waals surface area contributed by atoms with Crippen molar-refractivity contribution in [2.24, 2.45) is 0 Å². The summed E-state index contributed by atoms with van der Waals surface area (Å²) in [7, 11) is 0. The SMILES string of the molecule is Cc1ccc(-n2nc(C)c(NC(=O)Cn3nc(-c4cccs4)oc3=O)c2C)cc1. The van der Waals surface area contributed by atoms with Gasteiger partial charge in [0, 0.05) is 0 Å². The fourth-order valence-electron chi connectivity index (χ4n) is 2.98. The van der Waals surface area contributed by atoms with E-state index in [1.807, 2.05) is 56.5 Å². The monoisotopic (exact) mass is 409 g/mol. The van der Waals surface area contributed by atoms with Crippen molar-refractivity contribution >= 4 is 22.9 Å². The Morgan fingerprint density at radius 2 is 1.90 bits per heavy atom. The Hall–Kier alpha value is -3.46. The van der Waals surface area contributed by atoms with E-state index in [1.54, 1.807) is 10.7 Å². The van der Waals surface area contributed by atoms with E-state index in [0.717, 1.165) is 26.5 Å². The third-order valence-corrected chi connectivity index (χ3v) is 5.32. The van der Waals surface area contributed by atoms with Gasteiger partial charge in [0.25, 0.3) is 5.89 Å². The van der Waals surface area contributed by atoms with Crippen molar-refractivity contribution in [3.05, 3.63) is 69.3 Å². The first-order valence-electron chi connectivity index (χ1n) is 8.97. The average Bonchev–Trinajstić information content (AvgIpc) is 3.40. The summed E-state index contributed by atoms with van der Waals surface area (Å²) in [6, 6.07) is 11.6. The van der Waals surface area contributed by atoms with Gasteiger partial charge in [-0.25, -0.2) is 9.48 Å². The summed E-state index contributed by atoms with van der Waals surface area (Å²) in [4.78, 5) is 25.3. The highest BCUT2D eigenvalue weighted by atomic mass is 32.1. The molecule has 8 nitrogen and oxygen atoms in total. The maximum Gasteiger partial charge on any atom is 0.437 e. The average molecular weight is 409 g/mol. The molecule has 0 aliphatic heterocycles. The molecule has 1 amide bonds. The summed E-state index contributed by atoms with van der Waals surface area (Å²) >= 11 is 1.40. The van der Waals surface area contributed by atoms with Gasteiger partial charge in [0.2, 0.25) is 5.91 Å². The first kappa shape index (κ1) is 18.9. The van der Waals surface area contributed by atoms with Crippen LogP contribution < -0.4 is 11.1 Å². The van der Waals surface area contributed by atoms with Crippen LogP contribution in [0, 0.1) is 20.8 Å². The molecule has 0 aliphatic rings. The van der Waals surface area contributed by atoms with Gasteiger partial charge >= 0.3 is 5.76 Å². The smallest absolute Gasteiger partial charge is 0.387 e. The van der Waals surface area contributed by atoms with E-state index in [4.69, 9.17) is 4.42 Å². The van der Waals surface area contributed by atoms with Crippen molar-refractivity contribution < 1.29 is 9.21 Å². The summed E-state index contributed by atoms with van der Waals surface area (Å²) in [5, 5.41) is 13.3. The maximum absolute atomic E-state index is 12.5. The van der Waals surface area contributed by atoms with Crippen LogP contribution in [0.1, 0.15) is 17.0 Å². The quantitative estimate of drug-likeness (QED) is 0.546. The van der Waals surface area contributed by atoms with Gasteiger partial charge in [-0.05, 0) is 44.4 Å². The van der Waals surface area contributed by atoms with Crippen LogP contribution in [0.25, 0.3) is 16.5 Å². The number of aromatic nitrogens is 4. The Morgan fingerprint density at radius 3 is 2.59 bits per heavy atom. The first-order valence-corrected chi connectivity index (χ1v) is 9.85. The van der Waals surface area contributed by atoms with Crippen molar-refractivity contribution in [2.45, 2.75) is 27.3 Å². The minimum atomic E-state index is -0.674.